The Balaban J connectivity index is 1.78. The van der Waals surface area contributed by atoms with E-state index in [-0.39, 0.29) is 11.0 Å². The van der Waals surface area contributed by atoms with Crippen molar-refractivity contribution in [2.75, 3.05) is 0 Å². The van der Waals surface area contributed by atoms with E-state index >= 15 is 0 Å². The molecule has 1 heterocycles. The Morgan fingerprint density at radius 3 is 2.32 bits per heavy atom. The zero-order chi connectivity index (χ0) is 13.6. The average molecular weight is 316 g/mol. The fourth-order valence-electron chi connectivity index (χ4n) is 2.32. The van der Waals surface area contributed by atoms with Gasteiger partial charge in [-0.15, -0.1) is 11.3 Å². The predicted octanol–water partition coefficient (Wildman–Crippen LogP) is 1.85. The summed E-state index contributed by atoms with van der Waals surface area (Å²) in [6, 6.07) is 3.38. The summed E-state index contributed by atoms with van der Waals surface area (Å²) in [6.07, 6.45) is 4.58. The molecular weight excluding hydrogens is 300 g/mol. The fraction of sp³-hybridized carbons (Fsp3) is 0.583. The van der Waals surface area contributed by atoms with Crippen molar-refractivity contribution in [1.29, 1.82) is 0 Å². The number of thiophene rings is 1. The lowest BCUT2D eigenvalue weighted by Crippen LogP contribution is -2.37. The van der Waals surface area contributed by atoms with Crippen molar-refractivity contribution in [1.82, 2.24) is 4.72 Å². The monoisotopic (exact) mass is 316 g/mol. The molecule has 3 N–H and O–H groups in total. The van der Waals surface area contributed by atoms with Crippen molar-refractivity contribution in [2.24, 2.45) is 17.6 Å². The molecule has 0 aliphatic heterocycles. The van der Waals surface area contributed by atoms with E-state index in [9.17, 15) is 8.42 Å². The quantitative estimate of drug-likeness (QED) is 0.786. The van der Waals surface area contributed by atoms with Gasteiger partial charge < -0.3 is 5.73 Å². The number of hydrogen-bond acceptors (Lipinski definition) is 4. The van der Waals surface area contributed by atoms with Gasteiger partial charge in [0.05, 0.1) is 4.88 Å². The molecule has 2 aliphatic rings. The molecule has 0 spiro atoms. The van der Waals surface area contributed by atoms with Gasteiger partial charge in [0, 0.05) is 6.04 Å². The highest BCUT2D eigenvalue weighted by Gasteiger charge is 2.43. The summed E-state index contributed by atoms with van der Waals surface area (Å²) in [6.45, 7) is 0. The number of hydrogen-bond donors (Lipinski definition) is 2. The highest BCUT2D eigenvalue weighted by Crippen LogP contribution is 2.45. The minimum Gasteiger partial charge on any atom is -0.389 e. The van der Waals surface area contributed by atoms with Crippen LogP contribution in [0.5, 0.6) is 0 Å². The molecular formula is C12H16N2O2S3. The van der Waals surface area contributed by atoms with Crippen LogP contribution in [0.25, 0.3) is 0 Å². The van der Waals surface area contributed by atoms with Gasteiger partial charge in [0.25, 0.3) is 0 Å². The third-order valence-electron chi connectivity index (χ3n) is 3.64. The molecule has 0 amide bonds. The molecule has 0 saturated heterocycles. The maximum Gasteiger partial charge on any atom is 0.250 e. The van der Waals surface area contributed by atoms with Gasteiger partial charge in [0.2, 0.25) is 10.0 Å². The summed E-state index contributed by atoms with van der Waals surface area (Å²) in [7, 11) is -3.43. The second kappa shape index (κ2) is 4.80. The molecule has 0 aromatic carbocycles. The smallest absolute Gasteiger partial charge is 0.250 e. The molecule has 0 atom stereocenters. The van der Waals surface area contributed by atoms with Crippen LogP contribution in [0.2, 0.25) is 0 Å². The second-order valence-corrected chi connectivity index (χ2v) is 8.77. The Morgan fingerprint density at radius 1 is 1.32 bits per heavy atom. The number of nitrogens with one attached hydrogen (secondary N) is 1. The van der Waals surface area contributed by atoms with Crippen molar-refractivity contribution >= 4 is 38.6 Å². The normalized spacial score (nSPS) is 19.8. The summed E-state index contributed by atoms with van der Waals surface area (Å²) in [5.41, 5.74) is 5.51. The van der Waals surface area contributed by atoms with Crippen molar-refractivity contribution in [3.63, 3.8) is 0 Å². The largest absolute Gasteiger partial charge is 0.389 e. The first-order valence-corrected chi connectivity index (χ1v) is 9.10. The summed E-state index contributed by atoms with van der Waals surface area (Å²) in [5, 5.41) is 0. The minimum atomic E-state index is -3.43. The molecule has 0 bridgehead atoms. The molecule has 1 aromatic rings. The van der Waals surface area contributed by atoms with Crippen molar-refractivity contribution < 1.29 is 8.42 Å². The number of rotatable bonds is 6. The zero-order valence-electron chi connectivity index (χ0n) is 10.3. The lowest BCUT2D eigenvalue weighted by Gasteiger charge is -2.16. The molecule has 19 heavy (non-hydrogen) atoms. The Labute approximate surface area is 122 Å². The van der Waals surface area contributed by atoms with E-state index in [2.05, 4.69) is 4.72 Å². The van der Waals surface area contributed by atoms with E-state index in [0.29, 0.717) is 20.9 Å². The Hall–Kier alpha value is -0.500. The van der Waals surface area contributed by atoms with Crippen LogP contribution in [0.3, 0.4) is 0 Å². The van der Waals surface area contributed by atoms with Gasteiger partial charge in [-0.05, 0) is 49.7 Å². The van der Waals surface area contributed by atoms with Crippen molar-refractivity contribution in [3.8, 4) is 0 Å². The maximum absolute atomic E-state index is 12.4. The molecule has 0 unspecified atom stereocenters. The van der Waals surface area contributed by atoms with E-state index in [1.165, 1.54) is 0 Å². The summed E-state index contributed by atoms with van der Waals surface area (Å²) < 4.78 is 27.9. The molecule has 2 aliphatic carbocycles. The summed E-state index contributed by atoms with van der Waals surface area (Å²) >= 11 is 6.00. The highest BCUT2D eigenvalue weighted by atomic mass is 32.2. The van der Waals surface area contributed by atoms with Crippen LogP contribution >= 0.6 is 23.6 Å². The van der Waals surface area contributed by atoms with Crippen molar-refractivity contribution in [2.45, 2.75) is 35.9 Å². The van der Waals surface area contributed by atoms with Gasteiger partial charge in [0.1, 0.15) is 9.20 Å². The molecule has 2 saturated carbocycles. The van der Waals surface area contributed by atoms with Gasteiger partial charge in [0.15, 0.2) is 0 Å². The maximum atomic E-state index is 12.4. The van der Waals surface area contributed by atoms with Crippen LogP contribution < -0.4 is 10.5 Å². The van der Waals surface area contributed by atoms with E-state index in [4.69, 9.17) is 18.0 Å². The van der Waals surface area contributed by atoms with Gasteiger partial charge in [-0.3, -0.25) is 0 Å². The molecule has 0 radical (unpaired) electrons. The first-order chi connectivity index (χ1) is 8.97. The standard InChI is InChI=1S/C12H16N2O2S3/c13-12(17)9-5-6-10(18-9)19(15,16)14-11(7-1-2-7)8-3-4-8/h5-8,11,14H,1-4H2,(H2,13,17). The van der Waals surface area contributed by atoms with Crippen LogP contribution in [0.1, 0.15) is 30.6 Å². The highest BCUT2D eigenvalue weighted by molar-refractivity contribution is 7.91. The topological polar surface area (TPSA) is 72.2 Å². The molecule has 3 rings (SSSR count). The molecule has 4 nitrogen and oxygen atoms in total. The predicted molar refractivity (Wildman–Crippen MR) is 79.8 cm³/mol. The van der Waals surface area contributed by atoms with Gasteiger partial charge in [-0.1, -0.05) is 12.2 Å². The zero-order valence-corrected chi connectivity index (χ0v) is 12.8. The third kappa shape index (κ3) is 2.99. The lowest BCUT2D eigenvalue weighted by molar-refractivity contribution is 0.472. The third-order valence-corrected chi connectivity index (χ3v) is 7.06. The van der Waals surface area contributed by atoms with Gasteiger partial charge in [-0.25, -0.2) is 13.1 Å². The first kappa shape index (κ1) is 13.5. The number of sulfonamides is 1. The van der Waals surface area contributed by atoms with Crippen LogP contribution in [0.15, 0.2) is 16.3 Å². The van der Waals surface area contributed by atoms with Gasteiger partial charge in [-0.2, -0.15) is 0 Å². The van der Waals surface area contributed by atoms with E-state index < -0.39 is 10.0 Å². The van der Waals surface area contributed by atoms with Crippen LogP contribution in [0.4, 0.5) is 0 Å². The van der Waals surface area contributed by atoms with Crippen LogP contribution in [-0.2, 0) is 10.0 Å². The van der Waals surface area contributed by atoms with Gasteiger partial charge >= 0.3 is 0 Å². The minimum absolute atomic E-state index is 0.125. The van der Waals surface area contributed by atoms with Crippen LogP contribution in [0, 0.1) is 11.8 Å². The Morgan fingerprint density at radius 2 is 1.89 bits per heavy atom. The Bertz CT molecular complexity index is 588. The van der Waals surface area contributed by atoms with Crippen molar-refractivity contribution in [3.05, 3.63) is 17.0 Å². The molecule has 1 aromatic heterocycles. The summed E-state index contributed by atoms with van der Waals surface area (Å²) in [4.78, 5) is 0.886. The summed E-state index contributed by atoms with van der Waals surface area (Å²) in [5.74, 6) is 1.08. The lowest BCUT2D eigenvalue weighted by atomic mass is 10.1. The molecule has 104 valence electrons. The number of thiocarbonyl (C=S) groups is 1. The first-order valence-electron chi connectivity index (χ1n) is 6.39. The van der Waals surface area contributed by atoms with E-state index in [0.717, 1.165) is 37.0 Å². The fourth-order valence-corrected chi connectivity index (χ4v) is 5.06. The molecule has 2 fully saturated rings. The Kier molecular flexibility index (Phi) is 3.41. The van der Waals surface area contributed by atoms with E-state index in [1.807, 2.05) is 0 Å². The second-order valence-electron chi connectivity index (χ2n) is 5.30. The number of nitrogens with two attached hydrogens (primary N) is 1. The SMILES string of the molecule is NC(=S)c1ccc(S(=O)(=O)NC(C2CC2)C2CC2)s1. The average Bonchev–Trinajstić information content (AvgIpc) is 3.24. The van der Waals surface area contributed by atoms with E-state index in [1.54, 1.807) is 12.1 Å². The molecule has 7 heteroatoms. The van der Waals surface area contributed by atoms with Crippen LogP contribution in [-0.4, -0.2) is 19.4 Å².